The fourth-order valence-electron chi connectivity index (χ4n) is 4.67. The van der Waals surface area contributed by atoms with Gasteiger partial charge in [0.15, 0.2) is 0 Å². The van der Waals surface area contributed by atoms with Crippen LogP contribution in [0.15, 0.2) is 17.1 Å². The molecule has 12 heteroatoms. The number of nitro groups is 1. The van der Waals surface area contributed by atoms with Gasteiger partial charge in [-0.1, -0.05) is 0 Å². The van der Waals surface area contributed by atoms with E-state index in [9.17, 15) is 19.7 Å². The van der Waals surface area contributed by atoms with Crippen LogP contribution in [-0.2, 0) is 24.1 Å². The summed E-state index contributed by atoms with van der Waals surface area (Å²) in [7, 11) is 1.22. The number of carbonyl (C=O) groups is 1. The number of aryl methyl sites for hydroxylation is 2. The maximum atomic E-state index is 12.8. The van der Waals surface area contributed by atoms with Gasteiger partial charge < -0.3 is 14.6 Å². The van der Waals surface area contributed by atoms with Gasteiger partial charge in [0.1, 0.15) is 10.7 Å². The van der Waals surface area contributed by atoms with Crippen LogP contribution in [-0.4, -0.2) is 64.0 Å². The molecule has 0 radical (unpaired) electrons. The number of rotatable bonds is 5. The van der Waals surface area contributed by atoms with Crippen LogP contribution in [0.1, 0.15) is 39.5 Å². The normalized spacial score (nSPS) is 16.4. The Balaban J connectivity index is 1.30. The van der Waals surface area contributed by atoms with Crippen LogP contribution in [0, 0.1) is 10.1 Å². The lowest BCUT2D eigenvalue weighted by molar-refractivity contribution is -0.384. The summed E-state index contributed by atoms with van der Waals surface area (Å²) in [5.74, 6) is 0.197. The Morgan fingerprint density at radius 3 is 2.76 bits per heavy atom. The zero-order valence-corrected chi connectivity index (χ0v) is 19.5. The van der Waals surface area contributed by atoms with E-state index in [1.807, 2.05) is 4.90 Å². The third kappa shape index (κ3) is 4.14. The molecule has 3 aromatic rings. The minimum atomic E-state index is -0.669. The Morgan fingerprint density at radius 2 is 2.03 bits per heavy atom. The third-order valence-electron chi connectivity index (χ3n) is 6.38. The highest BCUT2D eigenvalue weighted by atomic mass is 32.1. The number of thiophene rings is 1. The number of methoxy groups -OCH3 is 1. The molecular weight excluding hydrogens is 460 g/mol. The van der Waals surface area contributed by atoms with E-state index in [0.717, 1.165) is 35.9 Å². The molecule has 0 aromatic carbocycles. The fraction of sp³-hybridized carbons (Fsp3) is 0.455. The number of nitrogens with zero attached hydrogens (tertiary/aromatic N) is 5. The van der Waals surface area contributed by atoms with E-state index in [1.165, 1.54) is 29.8 Å². The lowest BCUT2D eigenvalue weighted by Gasteiger charge is -2.34. The van der Waals surface area contributed by atoms with Crippen molar-refractivity contribution in [1.29, 1.82) is 0 Å². The molecule has 0 saturated carbocycles. The van der Waals surface area contributed by atoms with Gasteiger partial charge in [0.2, 0.25) is 5.82 Å². The molecule has 34 heavy (non-hydrogen) atoms. The largest absolute Gasteiger partial charge is 0.465 e. The number of esters is 1. The summed E-state index contributed by atoms with van der Waals surface area (Å²) >= 11 is 1.63. The number of hydrogen-bond donors (Lipinski definition) is 1. The quantitative estimate of drug-likeness (QED) is 0.329. The molecule has 1 aliphatic heterocycles. The first-order valence-corrected chi connectivity index (χ1v) is 12.0. The van der Waals surface area contributed by atoms with Gasteiger partial charge in [-0.2, -0.15) is 0 Å². The molecule has 0 atom stereocenters. The van der Waals surface area contributed by atoms with Crippen molar-refractivity contribution in [3.05, 3.63) is 54.6 Å². The Morgan fingerprint density at radius 1 is 1.26 bits per heavy atom. The molecule has 11 nitrogen and oxygen atoms in total. The molecule has 2 aliphatic rings. The number of fused-ring (bicyclic) bond motifs is 3. The Kier molecular flexibility index (Phi) is 6.00. The number of nitrogens with one attached hydrogen (secondary N) is 1. The first-order valence-electron chi connectivity index (χ1n) is 11.2. The summed E-state index contributed by atoms with van der Waals surface area (Å²) in [6.07, 6.45) is 5.54. The molecular formula is C22H24N6O5S. The maximum Gasteiger partial charge on any atom is 0.339 e. The average molecular weight is 485 g/mol. The SMILES string of the molecule is COC(=O)c1cnc(N2CCN(Cc3nc4sc5c(c4c(=O)[nH]3)CCCC5)CC2)c([N+](=O)[O-])c1. The van der Waals surface area contributed by atoms with Crippen molar-refractivity contribution in [2.75, 3.05) is 38.2 Å². The molecule has 0 spiro atoms. The average Bonchev–Trinajstić information content (AvgIpc) is 3.22. The van der Waals surface area contributed by atoms with Crippen molar-refractivity contribution in [2.45, 2.75) is 32.2 Å². The molecule has 1 fully saturated rings. The molecule has 1 N–H and O–H groups in total. The first-order chi connectivity index (χ1) is 16.4. The Bertz CT molecular complexity index is 1330. The highest BCUT2D eigenvalue weighted by Gasteiger charge is 2.27. The van der Waals surface area contributed by atoms with Crippen molar-refractivity contribution in [1.82, 2.24) is 19.9 Å². The number of ether oxygens (including phenoxy) is 1. The topological polar surface area (TPSA) is 135 Å². The smallest absolute Gasteiger partial charge is 0.339 e. The van der Waals surface area contributed by atoms with Crippen molar-refractivity contribution in [3.8, 4) is 0 Å². The highest BCUT2D eigenvalue weighted by Crippen LogP contribution is 2.33. The summed E-state index contributed by atoms with van der Waals surface area (Å²) in [4.78, 5) is 53.5. The number of piperazine rings is 1. The number of anilines is 1. The van der Waals surface area contributed by atoms with Crippen LogP contribution < -0.4 is 10.5 Å². The molecule has 4 heterocycles. The summed E-state index contributed by atoms with van der Waals surface area (Å²) in [6.45, 7) is 2.79. The summed E-state index contributed by atoms with van der Waals surface area (Å²) < 4.78 is 4.63. The predicted octanol–water partition coefficient (Wildman–Crippen LogP) is 2.28. The molecule has 1 aliphatic carbocycles. The number of pyridine rings is 1. The molecule has 3 aromatic heterocycles. The lowest BCUT2D eigenvalue weighted by Crippen LogP contribution is -2.46. The monoisotopic (exact) mass is 484 g/mol. The van der Waals surface area contributed by atoms with Crippen molar-refractivity contribution < 1.29 is 14.5 Å². The highest BCUT2D eigenvalue weighted by molar-refractivity contribution is 7.18. The van der Waals surface area contributed by atoms with Crippen LogP contribution in [0.3, 0.4) is 0 Å². The zero-order valence-electron chi connectivity index (χ0n) is 18.7. The number of aromatic nitrogens is 3. The number of H-pyrrole nitrogens is 1. The Labute approximate surface area is 198 Å². The summed E-state index contributed by atoms with van der Waals surface area (Å²) in [5.41, 5.74) is 0.919. The van der Waals surface area contributed by atoms with E-state index in [0.29, 0.717) is 38.5 Å². The number of hydrogen-bond acceptors (Lipinski definition) is 10. The molecule has 5 rings (SSSR count). The van der Waals surface area contributed by atoms with Gasteiger partial charge in [0.25, 0.3) is 5.56 Å². The van der Waals surface area contributed by atoms with Crippen LogP contribution in [0.2, 0.25) is 0 Å². The zero-order chi connectivity index (χ0) is 23.8. The molecule has 1 saturated heterocycles. The van der Waals surface area contributed by atoms with Gasteiger partial charge in [0, 0.05) is 43.3 Å². The van der Waals surface area contributed by atoms with Gasteiger partial charge in [-0.15, -0.1) is 11.3 Å². The van der Waals surface area contributed by atoms with E-state index in [1.54, 1.807) is 11.3 Å². The molecule has 0 amide bonds. The molecule has 178 valence electrons. The summed E-state index contributed by atoms with van der Waals surface area (Å²) in [6, 6.07) is 1.20. The minimum Gasteiger partial charge on any atom is -0.465 e. The van der Waals surface area contributed by atoms with Crippen LogP contribution in [0.4, 0.5) is 11.5 Å². The van der Waals surface area contributed by atoms with E-state index < -0.39 is 10.9 Å². The fourth-order valence-corrected chi connectivity index (χ4v) is 5.95. The van der Waals surface area contributed by atoms with E-state index >= 15 is 0 Å². The van der Waals surface area contributed by atoms with Crippen LogP contribution in [0.25, 0.3) is 10.2 Å². The Hall–Kier alpha value is -3.38. The standard InChI is InChI=1S/C22H24N6O5S/c1-33-22(30)13-10-15(28(31)32)19(23-11-13)27-8-6-26(7-9-27)12-17-24-20(29)18-14-4-2-3-5-16(14)34-21(18)25-17/h10-11H,2-9,12H2,1H3,(H,24,25,29). The van der Waals surface area contributed by atoms with Crippen LogP contribution >= 0.6 is 11.3 Å². The molecule has 0 bridgehead atoms. The van der Waals surface area contributed by atoms with Gasteiger partial charge in [-0.05, 0) is 31.2 Å². The minimum absolute atomic E-state index is 0.0391. The van der Waals surface area contributed by atoms with E-state index in [4.69, 9.17) is 4.98 Å². The second kappa shape index (κ2) is 9.11. The van der Waals surface area contributed by atoms with Gasteiger partial charge in [-0.3, -0.25) is 19.8 Å². The molecule has 0 unspecified atom stereocenters. The van der Waals surface area contributed by atoms with Gasteiger partial charge in [-0.25, -0.2) is 14.8 Å². The van der Waals surface area contributed by atoms with Gasteiger partial charge >= 0.3 is 11.7 Å². The maximum absolute atomic E-state index is 12.8. The first kappa shape index (κ1) is 22.4. The number of carbonyl (C=O) groups excluding carboxylic acids is 1. The predicted molar refractivity (Wildman–Crippen MR) is 127 cm³/mol. The van der Waals surface area contributed by atoms with E-state index in [2.05, 4.69) is 19.6 Å². The third-order valence-corrected chi connectivity index (χ3v) is 7.57. The van der Waals surface area contributed by atoms with E-state index in [-0.39, 0.29) is 22.6 Å². The second-order valence-electron chi connectivity index (χ2n) is 8.48. The van der Waals surface area contributed by atoms with Crippen LogP contribution in [0.5, 0.6) is 0 Å². The van der Waals surface area contributed by atoms with Crippen molar-refractivity contribution in [2.24, 2.45) is 0 Å². The summed E-state index contributed by atoms with van der Waals surface area (Å²) in [5, 5.41) is 12.3. The lowest BCUT2D eigenvalue weighted by atomic mass is 9.97. The van der Waals surface area contributed by atoms with Crippen molar-refractivity contribution >= 4 is 39.0 Å². The van der Waals surface area contributed by atoms with Gasteiger partial charge in [0.05, 0.1) is 29.5 Å². The second-order valence-corrected chi connectivity index (χ2v) is 9.57. The number of aromatic amines is 1. The van der Waals surface area contributed by atoms with Crippen molar-refractivity contribution in [3.63, 3.8) is 0 Å².